The molecule has 2 nitrogen and oxygen atoms in total. The second-order valence-electron chi connectivity index (χ2n) is 6.02. The molecule has 2 rings (SSSR count). The molecular formula is C17H22F3NO. The number of alkyl halides is 3. The number of hydrogen-bond donors (Lipinski definition) is 0. The van der Waals surface area contributed by atoms with Crippen molar-refractivity contribution < 1.29 is 18.0 Å². The highest BCUT2D eigenvalue weighted by molar-refractivity contribution is 5.99. The summed E-state index contributed by atoms with van der Waals surface area (Å²) in [6, 6.07) is 4.27. The first-order valence-electron chi connectivity index (χ1n) is 7.72. The Balaban J connectivity index is 2.08. The molecule has 0 spiro atoms. The zero-order valence-electron chi connectivity index (χ0n) is 13.0. The minimum atomic E-state index is -4.39. The predicted molar refractivity (Wildman–Crippen MR) is 80.9 cm³/mol. The summed E-state index contributed by atoms with van der Waals surface area (Å²) in [6.45, 7) is 3.69. The quantitative estimate of drug-likeness (QED) is 0.543. The summed E-state index contributed by atoms with van der Waals surface area (Å²) in [6.07, 6.45) is 1.51. The minimum Gasteiger partial charge on any atom is -0.395 e. The van der Waals surface area contributed by atoms with Gasteiger partial charge in [0, 0.05) is 5.56 Å². The Morgan fingerprint density at radius 1 is 1.23 bits per heavy atom. The monoisotopic (exact) mass is 313 g/mol. The maximum Gasteiger partial charge on any atom is 0.417 e. The molecule has 1 aromatic carbocycles. The molecule has 0 aliphatic heterocycles. The summed E-state index contributed by atoms with van der Waals surface area (Å²) in [4.78, 5) is 5.31. The first kappa shape index (κ1) is 16.8. The van der Waals surface area contributed by atoms with Gasteiger partial charge in [0.25, 0.3) is 0 Å². The Kier molecular flexibility index (Phi) is 5.48. The molecule has 0 unspecified atom stereocenters. The van der Waals surface area contributed by atoms with E-state index in [0.29, 0.717) is 18.1 Å². The summed E-state index contributed by atoms with van der Waals surface area (Å²) >= 11 is 0. The summed E-state index contributed by atoms with van der Waals surface area (Å²) in [5, 5.41) is 3.91. The van der Waals surface area contributed by atoms with Gasteiger partial charge in [-0.25, -0.2) is 0 Å². The molecular weight excluding hydrogens is 291 g/mol. The number of halogens is 3. The van der Waals surface area contributed by atoms with Crippen LogP contribution in [0.5, 0.6) is 0 Å². The molecule has 1 aromatic rings. The van der Waals surface area contributed by atoms with E-state index in [1.165, 1.54) is 25.3 Å². The summed E-state index contributed by atoms with van der Waals surface area (Å²) in [7, 11) is 0. The van der Waals surface area contributed by atoms with Crippen molar-refractivity contribution >= 4 is 5.71 Å². The lowest BCUT2D eigenvalue weighted by molar-refractivity contribution is -0.137. The van der Waals surface area contributed by atoms with Crippen LogP contribution < -0.4 is 0 Å². The van der Waals surface area contributed by atoms with E-state index in [9.17, 15) is 13.2 Å². The molecule has 0 radical (unpaired) electrons. The van der Waals surface area contributed by atoms with E-state index < -0.39 is 11.7 Å². The van der Waals surface area contributed by atoms with Crippen molar-refractivity contribution in [1.29, 1.82) is 0 Å². The third-order valence-electron chi connectivity index (χ3n) is 4.11. The van der Waals surface area contributed by atoms with Crippen LogP contribution in [-0.2, 0) is 11.0 Å². The van der Waals surface area contributed by atoms with Crippen molar-refractivity contribution in [2.45, 2.75) is 52.1 Å². The summed E-state index contributed by atoms with van der Waals surface area (Å²) in [5.74, 6) is 0.477. The molecule has 1 aliphatic carbocycles. The molecule has 1 fully saturated rings. The first-order chi connectivity index (χ1) is 10.4. The second kappa shape index (κ2) is 7.16. The molecule has 22 heavy (non-hydrogen) atoms. The lowest BCUT2D eigenvalue weighted by Gasteiger charge is -2.20. The van der Waals surface area contributed by atoms with Crippen molar-refractivity contribution in [3.8, 4) is 0 Å². The molecule has 5 heteroatoms. The largest absolute Gasteiger partial charge is 0.417 e. The standard InChI is InChI=1S/C17H22F3NO/c1-12-8-9-15(16(10-12)17(18,19)20)13(2)21-22-11-14-6-4-3-5-7-14/h8-10,14H,3-7,11H2,1-2H3/b21-13+. The molecule has 0 aromatic heterocycles. The lowest BCUT2D eigenvalue weighted by atomic mass is 9.90. The number of rotatable bonds is 4. The topological polar surface area (TPSA) is 21.6 Å². The Morgan fingerprint density at radius 3 is 2.55 bits per heavy atom. The van der Waals surface area contributed by atoms with Crippen molar-refractivity contribution in [3.05, 3.63) is 34.9 Å². The normalized spacial score (nSPS) is 17.6. The van der Waals surface area contributed by atoms with E-state index in [1.807, 2.05) is 0 Å². The van der Waals surface area contributed by atoms with Crippen molar-refractivity contribution in [1.82, 2.24) is 0 Å². The molecule has 0 atom stereocenters. The van der Waals surface area contributed by atoms with Crippen LogP contribution >= 0.6 is 0 Å². The Morgan fingerprint density at radius 2 is 1.91 bits per heavy atom. The van der Waals surface area contributed by atoms with Crippen molar-refractivity contribution in [2.24, 2.45) is 11.1 Å². The number of aryl methyl sites for hydroxylation is 1. The molecule has 0 N–H and O–H groups in total. The van der Waals surface area contributed by atoms with E-state index in [2.05, 4.69) is 5.16 Å². The van der Waals surface area contributed by atoms with Gasteiger partial charge < -0.3 is 4.84 Å². The van der Waals surface area contributed by atoms with Gasteiger partial charge in [-0.2, -0.15) is 13.2 Å². The van der Waals surface area contributed by atoms with Gasteiger partial charge >= 0.3 is 6.18 Å². The Hall–Kier alpha value is -1.52. The van der Waals surface area contributed by atoms with Gasteiger partial charge in [0.1, 0.15) is 6.61 Å². The van der Waals surface area contributed by atoms with Crippen LogP contribution in [0, 0.1) is 12.8 Å². The van der Waals surface area contributed by atoms with Crippen LogP contribution in [-0.4, -0.2) is 12.3 Å². The fourth-order valence-corrected chi connectivity index (χ4v) is 2.85. The molecule has 1 saturated carbocycles. The molecule has 0 bridgehead atoms. The average molecular weight is 313 g/mol. The van der Waals surface area contributed by atoms with E-state index in [-0.39, 0.29) is 11.3 Å². The number of nitrogens with zero attached hydrogens (tertiary/aromatic N) is 1. The minimum absolute atomic E-state index is 0.0849. The fraction of sp³-hybridized carbons (Fsp3) is 0.588. The Bertz CT molecular complexity index is 531. The zero-order chi connectivity index (χ0) is 16.2. The summed E-state index contributed by atoms with van der Waals surface area (Å²) < 4.78 is 39.3. The molecule has 0 heterocycles. The highest BCUT2D eigenvalue weighted by Gasteiger charge is 2.34. The van der Waals surface area contributed by atoms with E-state index in [0.717, 1.165) is 18.9 Å². The SMILES string of the molecule is C/C(=N\OCC1CCCCC1)c1ccc(C)cc1C(F)(F)F. The van der Waals surface area contributed by atoms with Gasteiger partial charge in [-0.05, 0) is 38.7 Å². The van der Waals surface area contributed by atoms with Gasteiger partial charge in [-0.3, -0.25) is 0 Å². The zero-order valence-corrected chi connectivity index (χ0v) is 13.0. The highest BCUT2D eigenvalue weighted by atomic mass is 19.4. The Labute approximate surface area is 129 Å². The van der Waals surface area contributed by atoms with Gasteiger partial charge in [-0.15, -0.1) is 0 Å². The molecule has 122 valence electrons. The van der Waals surface area contributed by atoms with Crippen LogP contribution in [0.4, 0.5) is 13.2 Å². The van der Waals surface area contributed by atoms with Gasteiger partial charge in [0.2, 0.25) is 0 Å². The van der Waals surface area contributed by atoms with Crippen LogP contribution in [0.25, 0.3) is 0 Å². The van der Waals surface area contributed by atoms with E-state index >= 15 is 0 Å². The molecule has 1 aliphatic rings. The predicted octanol–water partition coefficient (Wildman–Crippen LogP) is 5.33. The summed E-state index contributed by atoms with van der Waals surface area (Å²) in [5.41, 5.74) is 0.270. The van der Waals surface area contributed by atoms with Crippen molar-refractivity contribution in [2.75, 3.05) is 6.61 Å². The van der Waals surface area contributed by atoms with Crippen LogP contribution in [0.3, 0.4) is 0 Å². The van der Waals surface area contributed by atoms with Crippen LogP contribution in [0.1, 0.15) is 55.7 Å². The molecule has 0 saturated heterocycles. The third kappa shape index (κ3) is 4.49. The average Bonchev–Trinajstić information content (AvgIpc) is 2.47. The smallest absolute Gasteiger partial charge is 0.395 e. The van der Waals surface area contributed by atoms with Crippen LogP contribution in [0.2, 0.25) is 0 Å². The third-order valence-corrected chi connectivity index (χ3v) is 4.11. The second-order valence-corrected chi connectivity index (χ2v) is 6.02. The number of benzene rings is 1. The maximum atomic E-state index is 13.1. The van der Waals surface area contributed by atoms with E-state index in [1.54, 1.807) is 19.9 Å². The van der Waals surface area contributed by atoms with Gasteiger partial charge in [-0.1, -0.05) is 42.1 Å². The van der Waals surface area contributed by atoms with Crippen molar-refractivity contribution in [3.63, 3.8) is 0 Å². The maximum absolute atomic E-state index is 13.1. The number of hydrogen-bond acceptors (Lipinski definition) is 2. The van der Waals surface area contributed by atoms with Gasteiger partial charge in [0.05, 0.1) is 11.3 Å². The molecule has 0 amide bonds. The first-order valence-corrected chi connectivity index (χ1v) is 7.72. The lowest BCUT2D eigenvalue weighted by Crippen LogP contribution is -2.14. The fourth-order valence-electron chi connectivity index (χ4n) is 2.85. The van der Waals surface area contributed by atoms with Gasteiger partial charge in [0.15, 0.2) is 0 Å². The highest BCUT2D eigenvalue weighted by Crippen LogP contribution is 2.33. The number of oxime groups is 1. The van der Waals surface area contributed by atoms with E-state index in [4.69, 9.17) is 4.84 Å². The van der Waals surface area contributed by atoms with Crippen LogP contribution in [0.15, 0.2) is 23.4 Å².